The smallest absolute Gasteiger partial charge is 0.248 e. The van der Waals surface area contributed by atoms with Crippen molar-refractivity contribution in [1.29, 1.82) is 0 Å². The highest BCUT2D eigenvalue weighted by molar-refractivity contribution is 5.77. The Morgan fingerprint density at radius 1 is 1.40 bits per heavy atom. The van der Waals surface area contributed by atoms with Crippen LogP contribution in [0.15, 0.2) is 0 Å². The molecule has 3 heteroatoms. The molecule has 88 valence electrons. The third-order valence-corrected chi connectivity index (χ3v) is 3.42. The maximum atomic E-state index is 11.7. The summed E-state index contributed by atoms with van der Waals surface area (Å²) >= 11 is 0. The van der Waals surface area contributed by atoms with E-state index in [1.54, 1.807) is 7.05 Å². The highest BCUT2D eigenvalue weighted by Gasteiger charge is 2.22. The van der Waals surface area contributed by atoms with E-state index in [0.717, 1.165) is 12.3 Å². The van der Waals surface area contributed by atoms with Crippen LogP contribution in [0.1, 0.15) is 45.4 Å². The highest BCUT2D eigenvalue weighted by Crippen LogP contribution is 2.29. The van der Waals surface area contributed by atoms with Crippen LogP contribution in [-0.4, -0.2) is 25.1 Å². The van der Waals surface area contributed by atoms with Crippen LogP contribution in [0.5, 0.6) is 0 Å². The van der Waals surface area contributed by atoms with E-state index in [1.165, 1.54) is 44.3 Å². The van der Waals surface area contributed by atoms with Gasteiger partial charge in [-0.1, -0.05) is 39.0 Å². The van der Waals surface area contributed by atoms with Gasteiger partial charge in [-0.15, -0.1) is 0 Å². The van der Waals surface area contributed by atoms with Crippen LogP contribution in [0, 0.1) is 11.8 Å². The molecule has 0 spiro atoms. The van der Waals surface area contributed by atoms with Gasteiger partial charge < -0.3 is 0 Å². The van der Waals surface area contributed by atoms with E-state index in [0.29, 0.717) is 0 Å². The molecule has 1 fully saturated rings. The number of hydrogen-bond donors (Lipinski definition) is 0. The van der Waals surface area contributed by atoms with Crippen molar-refractivity contribution in [2.75, 3.05) is 14.2 Å². The fourth-order valence-corrected chi connectivity index (χ4v) is 2.42. The van der Waals surface area contributed by atoms with Gasteiger partial charge in [-0.05, 0) is 12.3 Å². The Kier molecular flexibility index (Phi) is 5.09. The number of carbonyl (C=O) groups is 1. The lowest BCUT2D eigenvalue weighted by atomic mass is 9.83. The highest BCUT2D eigenvalue weighted by atomic mass is 16.7. The van der Waals surface area contributed by atoms with Crippen LogP contribution in [0.3, 0.4) is 0 Å². The summed E-state index contributed by atoms with van der Waals surface area (Å²) in [6.45, 7) is 2.01. The molecule has 0 aromatic rings. The summed E-state index contributed by atoms with van der Waals surface area (Å²) in [4.78, 5) is 16.7. The van der Waals surface area contributed by atoms with Gasteiger partial charge in [-0.3, -0.25) is 9.63 Å². The van der Waals surface area contributed by atoms with Crippen molar-refractivity contribution in [2.24, 2.45) is 11.8 Å². The number of amides is 1. The van der Waals surface area contributed by atoms with E-state index in [4.69, 9.17) is 4.84 Å². The Bertz CT molecular complexity index is 200. The summed E-state index contributed by atoms with van der Waals surface area (Å²) in [7, 11) is 3.21. The van der Waals surface area contributed by atoms with Gasteiger partial charge in [-0.2, -0.15) is 0 Å². The number of hydrogen-bond acceptors (Lipinski definition) is 2. The second-order valence-corrected chi connectivity index (χ2v) is 4.66. The monoisotopic (exact) mass is 213 g/mol. The molecular weight excluding hydrogens is 190 g/mol. The molecule has 1 aliphatic rings. The average Bonchev–Trinajstić information content (AvgIpc) is 2.28. The van der Waals surface area contributed by atoms with Gasteiger partial charge >= 0.3 is 0 Å². The first-order chi connectivity index (χ1) is 7.15. The number of hydroxylamine groups is 2. The van der Waals surface area contributed by atoms with Crippen molar-refractivity contribution in [1.82, 2.24) is 5.06 Å². The van der Waals surface area contributed by atoms with E-state index in [1.807, 2.05) is 6.92 Å². The van der Waals surface area contributed by atoms with Crippen LogP contribution in [0.25, 0.3) is 0 Å². The van der Waals surface area contributed by atoms with E-state index >= 15 is 0 Å². The van der Waals surface area contributed by atoms with Crippen LogP contribution in [0.4, 0.5) is 0 Å². The Morgan fingerprint density at radius 2 is 2.00 bits per heavy atom. The molecule has 0 aromatic heterocycles. The lowest BCUT2D eigenvalue weighted by Gasteiger charge is -2.25. The lowest BCUT2D eigenvalue weighted by Crippen LogP contribution is -2.32. The van der Waals surface area contributed by atoms with Crippen molar-refractivity contribution in [3.63, 3.8) is 0 Å². The Hall–Kier alpha value is -0.570. The van der Waals surface area contributed by atoms with E-state index in [2.05, 4.69) is 0 Å². The third-order valence-electron chi connectivity index (χ3n) is 3.42. The van der Waals surface area contributed by atoms with Crippen molar-refractivity contribution < 1.29 is 9.63 Å². The molecule has 0 radical (unpaired) electrons. The minimum atomic E-state index is 0.0954. The summed E-state index contributed by atoms with van der Waals surface area (Å²) < 4.78 is 0. The number of rotatable bonds is 4. The Labute approximate surface area is 92.7 Å². The minimum Gasteiger partial charge on any atom is -0.275 e. The van der Waals surface area contributed by atoms with Gasteiger partial charge in [0.25, 0.3) is 0 Å². The van der Waals surface area contributed by atoms with Gasteiger partial charge in [0.15, 0.2) is 0 Å². The van der Waals surface area contributed by atoms with Crippen LogP contribution >= 0.6 is 0 Å². The predicted octanol–water partition coefficient (Wildman–Crippen LogP) is 2.61. The van der Waals surface area contributed by atoms with E-state index in [9.17, 15) is 4.79 Å². The summed E-state index contributed by atoms with van der Waals surface area (Å²) in [5.41, 5.74) is 0. The second-order valence-electron chi connectivity index (χ2n) is 4.66. The summed E-state index contributed by atoms with van der Waals surface area (Å²) in [5, 5.41) is 1.34. The zero-order chi connectivity index (χ0) is 11.3. The van der Waals surface area contributed by atoms with Crippen molar-refractivity contribution in [2.45, 2.75) is 45.4 Å². The fraction of sp³-hybridized carbons (Fsp3) is 0.917. The molecule has 0 N–H and O–H groups in total. The first-order valence-corrected chi connectivity index (χ1v) is 5.96. The van der Waals surface area contributed by atoms with Crippen LogP contribution in [0.2, 0.25) is 0 Å². The number of nitrogens with zero attached hydrogens (tertiary/aromatic N) is 1. The van der Waals surface area contributed by atoms with Gasteiger partial charge in [0.05, 0.1) is 7.11 Å². The normalized spacial score (nSPS) is 19.9. The Balaban J connectivity index is 2.33. The van der Waals surface area contributed by atoms with Crippen LogP contribution in [-0.2, 0) is 9.63 Å². The van der Waals surface area contributed by atoms with Crippen LogP contribution < -0.4 is 0 Å². The molecule has 0 bridgehead atoms. The topological polar surface area (TPSA) is 29.5 Å². The minimum absolute atomic E-state index is 0.0954. The average molecular weight is 213 g/mol. The van der Waals surface area contributed by atoms with Gasteiger partial charge in [0, 0.05) is 13.0 Å². The molecule has 1 amide bonds. The number of carbonyl (C=O) groups excluding carboxylic acids is 1. The van der Waals surface area contributed by atoms with Crippen molar-refractivity contribution in [3.8, 4) is 0 Å². The molecule has 0 aromatic carbocycles. The quantitative estimate of drug-likeness (QED) is 0.672. The van der Waals surface area contributed by atoms with Crippen molar-refractivity contribution in [3.05, 3.63) is 0 Å². The molecule has 0 heterocycles. The summed E-state index contributed by atoms with van der Waals surface area (Å²) in [6, 6.07) is 0. The largest absolute Gasteiger partial charge is 0.275 e. The predicted molar refractivity (Wildman–Crippen MR) is 60.1 cm³/mol. The molecule has 1 rings (SSSR count). The third kappa shape index (κ3) is 3.82. The molecule has 3 nitrogen and oxygen atoms in total. The molecule has 1 atom stereocenters. The molecule has 0 aliphatic heterocycles. The molecule has 1 saturated carbocycles. The molecule has 15 heavy (non-hydrogen) atoms. The standard InChI is InChI=1S/C12H23NO2/c1-10(12(14)13(2)15-3)9-11-7-5-4-6-8-11/h10-11H,4-9H2,1-3H3/t10-/m0/s1. The zero-order valence-electron chi connectivity index (χ0n) is 10.2. The van der Waals surface area contributed by atoms with Gasteiger partial charge in [0.1, 0.15) is 0 Å². The first-order valence-electron chi connectivity index (χ1n) is 5.96. The zero-order valence-corrected chi connectivity index (χ0v) is 10.2. The van der Waals surface area contributed by atoms with Gasteiger partial charge in [-0.25, -0.2) is 5.06 Å². The van der Waals surface area contributed by atoms with E-state index < -0.39 is 0 Å². The fourth-order valence-electron chi connectivity index (χ4n) is 2.42. The molecule has 0 unspecified atom stereocenters. The second kappa shape index (κ2) is 6.11. The Morgan fingerprint density at radius 3 is 2.53 bits per heavy atom. The molecular formula is C12H23NO2. The summed E-state index contributed by atoms with van der Waals surface area (Å²) in [5.74, 6) is 0.948. The van der Waals surface area contributed by atoms with Gasteiger partial charge in [0.2, 0.25) is 5.91 Å². The maximum Gasteiger partial charge on any atom is 0.248 e. The molecule has 1 aliphatic carbocycles. The SMILES string of the molecule is CON(C)C(=O)[C@@H](C)CC1CCCCC1. The summed E-state index contributed by atoms with van der Waals surface area (Å²) in [6.07, 6.45) is 7.67. The lowest BCUT2D eigenvalue weighted by molar-refractivity contribution is -0.173. The maximum absolute atomic E-state index is 11.7. The van der Waals surface area contributed by atoms with E-state index in [-0.39, 0.29) is 11.8 Å². The molecule has 0 saturated heterocycles. The van der Waals surface area contributed by atoms with Crippen molar-refractivity contribution >= 4 is 5.91 Å². The first kappa shape index (κ1) is 12.5.